The Balaban J connectivity index is 1.37. The van der Waals surface area contributed by atoms with Crippen molar-refractivity contribution in [2.24, 2.45) is 0 Å². The van der Waals surface area contributed by atoms with Crippen molar-refractivity contribution < 1.29 is 14.3 Å². The van der Waals surface area contributed by atoms with Crippen LogP contribution in [0.5, 0.6) is 0 Å². The zero-order valence-electron chi connectivity index (χ0n) is 21.1. The lowest BCUT2D eigenvalue weighted by atomic mass is 9.86. The number of hydrogen-bond acceptors (Lipinski definition) is 5. The second-order valence-electron chi connectivity index (χ2n) is 11.3. The molecule has 8 heteroatoms. The minimum Gasteiger partial charge on any atom is -0.444 e. The van der Waals surface area contributed by atoms with Crippen LogP contribution in [0.2, 0.25) is 5.02 Å². The van der Waals surface area contributed by atoms with Crippen LogP contribution in [0, 0.1) is 0 Å². The highest BCUT2D eigenvalue weighted by molar-refractivity contribution is 6.30. The molecule has 0 atom stereocenters. The molecule has 190 valence electrons. The molecule has 2 fully saturated rings. The van der Waals surface area contributed by atoms with Crippen molar-refractivity contribution in [3.05, 3.63) is 40.4 Å². The first kappa shape index (κ1) is 24.6. The maximum atomic E-state index is 13.0. The SMILES string of the molecule is CC(C)(C)OC(=O)N1Cc2cc(Cl)ccc2-n2c(nnc2[C@H]2CC[C@@H](OC3CCCCC3)CC2)C1. The molecule has 2 aromatic rings. The topological polar surface area (TPSA) is 69.5 Å². The number of fused-ring (bicyclic) bond motifs is 3. The third kappa shape index (κ3) is 5.67. The highest BCUT2D eigenvalue weighted by atomic mass is 35.5. The van der Waals surface area contributed by atoms with Gasteiger partial charge >= 0.3 is 6.09 Å². The van der Waals surface area contributed by atoms with Crippen LogP contribution in [0.25, 0.3) is 5.69 Å². The molecule has 0 bridgehead atoms. The number of amides is 1. The van der Waals surface area contributed by atoms with E-state index in [4.69, 9.17) is 21.1 Å². The fourth-order valence-corrected chi connectivity index (χ4v) is 5.87. The predicted molar refractivity (Wildman–Crippen MR) is 135 cm³/mol. The normalized spacial score (nSPS) is 23.4. The smallest absolute Gasteiger partial charge is 0.411 e. The van der Waals surface area contributed by atoms with Crippen molar-refractivity contribution >= 4 is 17.7 Å². The molecule has 0 radical (unpaired) electrons. The van der Waals surface area contributed by atoms with Gasteiger partial charge in [0, 0.05) is 10.9 Å². The van der Waals surface area contributed by atoms with E-state index in [1.54, 1.807) is 4.90 Å². The Labute approximate surface area is 213 Å². The summed E-state index contributed by atoms with van der Waals surface area (Å²) in [6, 6.07) is 5.85. The van der Waals surface area contributed by atoms with E-state index in [1.807, 2.05) is 39.0 Å². The predicted octanol–water partition coefficient (Wildman–Crippen LogP) is 6.55. The molecule has 0 saturated heterocycles. The van der Waals surface area contributed by atoms with Crippen LogP contribution in [-0.4, -0.2) is 43.6 Å². The van der Waals surface area contributed by atoms with Crippen molar-refractivity contribution in [3.8, 4) is 5.69 Å². The quantitative estimate of drug-likeness (QED) is 0.478. The van der Waals surface area contributed by atoms with Gasteiger partial charge in [0.2, 0.25) is 0 Å². The summed E-state index contributed by atoms with van der Waals surface area (Å²) in [5.41, 5.74) is 1.39. The summed E-state index contributed by atoms with van der Waals surface area (Å²) in [5.74, 6) is 2.05. The van der Waals surface area contributed by atoms with E-state index in [9.17, 15) is 4.79 Å². The Bertz CT molecular complexity index is 1050. The zero-order chi connectivity index (χ0) is 24.6. The molecule has 1 amide bonds. The summed E-state index contributed by atoms with van der Waals surface area (Å²) in [5, 5.41) is 9.85. The number of halogens is 1. The molecule has 1 aromatic heterocycles. The molecular weight excluding hydrogens is 464 g/mol. The lowest BCUT2D eigenvalue weighted by Crippen LogP contribution is -2.35. The number of rotatable bonds is 3. The van der Waals surface area contributed by atoms with Crippen molar-refractivity contribution in [1.29, 1.82) is 0 Å². The van der Waals surface area contributed by atoms with Gasteiger partial charge in [0.05, 0.1) is 31.0 Å². The van der Waals surface area contributed by atoms with Gasteiger partial charge in [-0.25, -0.2) is 4.79 Å². The van der Waals surface area contributed by atoms with E-state index < -0.39 is 5.60 Å². The average Bonchev–Trinajstić information content (AvgIpc) is 3.15. The molecule has 5 rings (SSSR count). The zero-order valence-corrected chi connectivity index (χ0v) is 21.9. The summed E-state index contributed by atoms with van der Waals surface area (Å²) in [6.45, 7) is 6.39. The van der Waals surface area contributed by atoms with E-state index in [0.29, 0.717) is 36.2 Å². The highest BCUT2D eigenvalue weighted by Crippen LogP contribution is 2.38. The van der Waals surface area contributed by atoms with Gasteiger partial charge in [0.25, 0.3) is 0 Å². The molecule has 7 nitrogen and oxygen atoms in total. The Morgan fingerprint density at radius 2 is 1.69 bits per heavy atom. The maximum Gasteiger partial charge on any atom is 0.411 e. The third-order valence-electron chi connectivity index (χ3n) is 7.36. The lowest BCUT2D eigenvalue weighted by Gasteiger charge is -2.32. The first-order valence-corrected chi connectivity index (χ1v) is 13.5. The lowest BCUT2D eigenvalue weighted by molar-refractivity contribution is -0.0475. The van der Waals surface area contributed by atoms with Crippen molar-refractivity contribution in [1.82, 2.24) is 19.7 Å². The number of nitrogens with zero attached hydrogens (tertiary/aromatic N) is 4. The Morgan fingerprint density at radius 3 is 2.40 bits per heavy atom. The standard InChI is InChI=1S/C27H37ClN4O3/c1-27(2,3)35-26(33)31-16-19-15-20(28)11-14-23(19)32-24(17-31)29-30-25(32)18-9-12-22(13-10-18)34-21-7-5-4-6-8-21/h11,14-15,18,21-22H,4-10,12-13,16-17H2,1-3H3/t18-,22+. The first-order valence-electron chi connectivity index (χ1n) is 13.1. The van der Waals surface area contributed by atoms with Crippen LogP contribution in [0.3, 0.4) is 0 Å². The van der Waals surface area contributed by atoms with Crippen LogP contribution in [0.1, 0.15) is 102 Å². The summed E-state index contributed by atoms with van der Waals surface area (Å²) in [7, 11) is 0. The molecule has 2 aliphatic carbocycles. The van der Waals surface area contributed by atoms with Gasteiger partial charge in [-0.15, -0.1) is 10.2 Å². The van der Waals surface area contributed by atoms with Crippen molar-refractivity contribution in [2.75, 3.05) is 0 Å². The summed E-state index contributed by atoms with van der Waals surface area (Å²) in [6.07, 6.45) is 11.0. The van der Waals surface area contributed by atoms with Gasteiger partial charge in [0.1, 0.15) is 11.4 Å². The van der Waals surface area contributed by atoms with Crippen LogP contribution in [-0.2, 0) is 22.6 Å². The van der Waals surface area contributed by atoms with E-state index in [2.05, 4.69) is 14.8 Å². The van der Waals surface area contributed by atoms with Crippen LogP contribution in [0.15, 0.2) is 18.2 Å². The summed E-state index contributed by atoms with van der Waals surface area (Å²) < 4.78 is 14.3. The third-order valence-corrected chi connectivity index (χ3v) is 7.59. The van der Waals surface area contributed by atoms with Crippen LogP contribution >= 0.6 is 11.6 Å². The number of carbonyl (C=O) groups is 1. The van der Waals surface area contributed by atoms with Gasteiger partial charge in [0.15, 0.2) is 5.82 Å². The number of carbonyl (C=O) groups excluding carboxylic acids is 1. The summed E-state index contributed by atoms with van der Waals surface area (Å²) in [4.78, 5) is 14.7. The molecule has 3 aliphatic rings. The molecular formula is C27H37ClN4O3. The van der Waals surface area contributed by atoms with E-state index in [-0.39, 0.29) is 6.09 Å². The first-order chi connectivity index (χ1) is 16.8. The van der Waals surface area contributed by atoms with Gasteiger partial charge < -0.3 is 9.47 Å². The second-order valence-corrected chi connectivity index (χ2v) is 11.7. The Hall–Kier alpha value is -2.12. The van der Waals surface area contributed by atoms with Crippen LogP contribution in [0.4, 0.5) is 4.79 Å². The molecule has 2 heterocycles. The molecule has 1 aliphatic heterocycles. The minimum absolute atomic E-state index is 0.319. The molecule has 0 spiro atoms. The van der Waals surface area contributed by atoms with Gasteiger partial charge in [-0.3, -0.25) is 9.47 Å². The van der Waals surface area contributed by atoms with Gasteiger partial charge in [-0.05, 0) is 83.1 Å². The average molecular weight is 501 g/mol. The molecule has 0 N–H and O–H groups in total. The van der Waals surface area contributed by atoms with Crippen LogP contribution < -0.4 is 0 Å². The largest absolute Gasteiger partial charge is 0.444 e. The van der Waals surface area contributed by atoms with Crippen molar-refractivity contribution in [2.45, 2.75) is 115 Å². The van der Waals surface area contributed by atoms with Crippen molar-refractivity contribution in [3.63, 3.8) is 0 Å². The Morgan fingerprint density at radius 1 is 0.971 bits per heavy atom. The molecule has 0 unspecified atom stereocenters. The van der Waals surface area contributed by atoms with Gasteiger partial charge in [-0.1, -0.05) is 30.9 Å². The number of hydrogen-bond donors (Lipinski definition) is 0. The molecule has 1 aromatic carbocycles. The summed E-state index contributed by atoms with van der Waals surface area (Å²) >= 11 is 6.36. The highest BCUT2D eigenvalue weighted by Gasteiger charge is 2.33. The fourth-order valence-electron chi connectivity index (χ4n) is 5.68. The van der Waals surface area contributed by atoms with Gasteiger partial charge in [-0.2, -0.15) is 0 Å². The fraction of sp³-hybridized carbons (Fsp3) is 0.667. The molecule has 35 heavy (non-hydrogen) atoms. The monoisotopic (exact) mass is 500 g/mol. The number of aromatic nitrogens is 3. The minimum atomic E-state index is -0.572. The van der Waals surface area contributed by atoms with E-state index >= 15 is 0 Å². The number of benzene rings is 1. The molecule has 2 saturated carbocycles. The van der Waals surface area contributed by atoms with E-state index in [0.717, 1.165) is 48.6 Å². The maximum absolute atomic E-state index is 13.0. The second kappa shape index (κ2) is 10.1. The Kier molecular flexibility index (Phi) is 7.09. The number of ether oxygens (including phenoxy) is 2. The van der Waals surface area contributed by atoms with E-state index in [1.165, 1.54) is 32.1 Å².